The molecule has 3 aromatic rings. The molecular formula is C31H39N2O3+. The highest BCUT2D eigenvalue weighted by Gasteiger charge is 2.50. The van der Waals surface area contributed by atoms with E-state index in [-0.39, 0.29) is 12.1 Å². The molecule has 5 nitrogen and oxygen atoms in total. The predicted molar refractivity (Wildman–Crippen MR) is 141 cm³/mol. The molecule has 5 heteroatoms. The molecule has 0 N–H and O–H groups in total. The molecule has 4 aliphatic rings. The molecule has 0 saturated carbocycles. The minimum absolute atomic E-state index is 0.00324. The van der Waals surface area contributed by atoms with E-state index >= 15 is 0 Å². The average Bonchev–Trinajstić information content (AvgIpc) is 3.36. The maximum absolute atomic E-state index is 14.0. The zero-order valence-corrected chi connectivity index (χ0v) is 21.5. The lowest BCUT2D eigenvalue weighted by atomic mass is 9.82. The molecule has 0 amide bonds. The van der Waals surface area contributed by atoms with Crippen molar-refractivity contribution in [3.05, 3.63) is 72.0 Å². The Labute approximate surface area is 214 Å². The molecule has 0 radical (unpaired) electrons. The first-order valence-electron chi connectivity index (χ1n) is 13.9. The Morgan fingerprint density at radius 3 is 2.50 bits per heavy atom. The maximum atomic E-state index is 14.0. The summed E-state index contributed by atoms with van der Waals surface area (Å²) in [5.41, 5.74) is 1.29. The quantitative estimate of drug-likeness (QED) is 0.325. The van der Waals surface area contributed by atoms with Crippen molar-refractivity contribution < 1.29 is 18.4 Å². The molecule has 2 bridgehead atoms. The second-order valence-corrected chi connectivity index (χ2v) is 11.5. The van der Waals surface area contributed by atoms with Gasteiger partial charge in [-0.15, -0.1) is 0 Å². The van der Waals surface area contributed by atoms with E-state index in [1.54, 1.807) is 0 Å². The van der Waals surface area contributed by atoms with Gasteiger partial charge in [-0.1, -0.05) is 55.0 Å². The highest BCUT2D eigenvalue weighted by Crippen LogP contribution is 2.39. The van der Waals surface area contributed by atoms with Gasteiger partial charge in [0.15, 0.2) is 6.10 Å². The lowest BCUT2D eigenvalue weighted by molar-refractivity contribution is -0.946. The van der Waals surface area contributed by atoms with Gasteiger partial charge in [-0.25, -0.2) is 4.79 Å². The Hall–Kier alpha value is -2.63. The third kappa shape index (κ3) is 4.37. The number of carbonyl (C=O) groups excluding carboxylic acids is 1. The summed E-state index contributed by atoms with van der Waals surface area (Å²) in [6, 6.07) is 20.7. The van der Waals surface area contributed by atoms with Gasteiger partial charge in [0.2, 0.25) is 0 Å². The third-order valence-electron chi connectivity index (χ3n) is 9.33. The monoisotopic (exact) mass is 487 g/mol. The number of fused-ring (bicyclic) bond motifs is 4. The van der Waals surface area contributed by atoms with Crippen molar-refractivity contribution in [2.45, 2.75) is 57.1 Å². The SMILES string of the molecule is C[C@@](C(=O)O[C@H]1C[N+]2(CCc3cc4ccccc4o3)CCC1CC2)(c1ccccc1)N1CCCCC1. The zero-order valence-electron chi connectivity index (χ0n) is 21.5. The first-order chi connectivity index (χ1) is 17.6. The Morgan fingerprint density at radius 2 is 1.75 bits per heavy atom. The van der Waals surface area contributed by atoms with Crippen LogP contribution in [0.15, 0.2) is 65.1 Å². The summed E-state index contributed by atoms with van der Waals surface area (Å²) < 4.78 is 13.7. The Balaban J connectivity index is 1.18. The molecule has 36 heavy (non-hydrogen) atoms. The van der Waals surface area contributed by atoms with Crippen LogP contribution in [0.2, 0.25) is 0 Å². The minimum atomic E-state index is -0.729. The number of hydrogen-bond donors (Lipinski definition) is 0. The average molecular weight is 488 g/mol. The molecule has 7 rings (SSSR count). The Kier molecular flexibility index (Phi) is 6.38. The van der Waals surface area contributed by atoms with Gasteiger partial charge in [-0.05, 0) is 50.6 Å². The van der Waals surface area contributed by atoms with Gasteiger partial charge in [0, 0.05) is 24.1 Å². The van der Waals surface area contributed by atoms with Crippen molar-refractivity contribution in [2.24, 2.45) is 5.92 Å². The van der Waals surface area contributed by atoms with E-state index in [2.05, 4.69) is 42.2 Å². The molecule has 4 fully saturated rings. The summed E-state index contributed by atoms with van der Waals surface area (Å²) in [6.07, 6.45) is 6.74. The number of piperidine rings is 4. The van der Waals surface area contributed by atoms with Crippen molar-refractivity contribution in [3.8, 4) is 0 Å². The fourth-order valence-electron chi connectivity index (χ4n) is 6.96. The first-order valence-corrected chi connectivity index (χ1v) is 13.9. The van der Waals surface area contributed by atoms with E-state index in [1.807, 2.05) is 30.3 Å². The van der Waals surface area contributed by atoms with Crippen LogP contribution in [0.25, 0.3) is 11.0 Å². The maximum Gasteiger partial charge on any atom is 0.331 e. The third-order valence-corrected chi connectivity index (χ3v) is 9.33. The lowest BCUT2D eigenvalue weighted by Crippen LogP contribution is -2.65. The number of esters is 1. The summed E-state index contributed by atoms with van der Waals surface area (Å²) >= 11 is 0. The van der Waals surface area contributed by atoms with E-state index in [1.165, 1.54) is 24.9 Å². The number of carbonyl (C=O) groups is 1. The van der Waals surface area contributed by atoms with Crippen LogP contribution < -0.4 is 0 Å². The molecule has 2 aromatic carbocycles. The summed E-state index contributed by atoms with van der Waals surface area (Å²) in [5, 5.41) is 1.18. The van der Waals surface area contributed by atoms with Gasteiger partial charge in [-0.2, -0.15) is 0 Å². The molecule has 4 saturated heterocycles. The molecule has 4 aliphatic heterocycles. The van der Waals surface area contributed by atoms with Crippen LogP contribution in [-0.4, -0.2) is 60.7 Å². The van der Waals surface area contributed by atoms with E-state index in [0.29, 0.717) is 5.92 Å². The van der Waals surface area contributed by atoms with Crippen LogP contribution in [0.4, 0.5) is 0 Å². The van der Waals surface area contributed by atoms with Crippen molar-refractivity contribution in [2.75, 3.05) is 39.3 Å². The van der Waals surface area contributed by atoms with Gasteiger partial charge < -0.3 is 13.6 Å². The second-order valence-electron chi connectivity index (χ2n) is 11.5. The van der Waals surface area contributed by atoms with Crippen molar-refractivity contribution in [1.29, 1.82) is 0 Å². The summed E-state index contributed by atoms with van der Waals surface area (Å²) in [5.74, 6) is 1.48. The van der Waals surface area contributed by atoms with Gasteiger partial charge in [-0.3, -0.25) is 4.90 Å². The molecule has 0 unspecified atom stereocenters. The zero-order chi connectivity index (χ0) is 24.6. The van der Waals surface area contributed by atoms with Crippen molar-refractivity contribution in [3.63, 3.8) is 0 Å². The van der Waals surface area contributed by atoms with Gasteiger partial charge in [0.05, 0.1) is 26.1 Å². The van der Waals surface area contributed by atoms with Crippen LogP contribution >= 0.6 is 0 Å². The topological polar surface area (TPSA) is 42.7 Å². The summed E-state index contributed by atoms with van der Waals surface area (Å²) in [7, 11) is 0. The number of benzene rings is 2. The van der Waals surface area contributed by atoms with Crippen molar-refractivity contribution >= 4 is 16.9 Å². The number of ether oxygens (including phenoxy) is 1. The Morgan fingerprint density at radius 1 is 1.03 bits per heavy atom. The molecule has 190 valence electrons. The molecule has 1 aromatic heterocycles. The van der Waals surface area contributed by atoms with E-state index in [0.717, 1.165) is 79.7 Å². The molecule has 0 aliphatic carbocycles. The number of hydrogen-bond acceptors (Lipinski definition) is 4. The standard InChI is InChI=1S/C31H39N2O3/c1-31(26-11-4-2-5-12-26,32-17-8-3-9-18-32)30(34)36-29-23-33(19-14-24(29)15-20-33)21-16-27-22-25-10-6-7-13-28(25)35-27/h2,4-7,10-13,22,24,29H,3,8-9,14-21,23H2,1H3/q+1/t24?,29-,31-,33?/m0/s1. The van der Waals surface area contributed by atoms with Crippen LogP contribution in [-0.2, 0) is 21.5 Å². The van der Waals surface area contributed by atoms with Gasteiger partial charge >= 0.3 is 5.97 Å². The number of furan rings is 1. The predicted octanol–water partition coefficient (Wildman–Crippen LogP) is 5.53. The van der Waals surface area contributed by atoms with E-state index in [9.17, 15) is 4.79 Å². The molecule has 2 atom stereocenters. The fourth-order valence-corrected chi connectivity index (χ4v) is 6.96. The van der Waals surface area contributed by atoms with Gasteiger partial charge in [0.25, 0.3) is 0 Å². The molecular weight excluding hydrogens is 448 g/mol. The second kappa shape index (κ2) is 9.68. The highest BCUT2D eigenvalue weighted by molar-refractivity contribution is 5.82. The summed E-state index contributed by atoms with van der Waals surface area (Å²) in [6.45, 7) is 8.33. The van der Waals surface area contributed by atoms with E-state index in [4.69, 9.17) is 9.15 Å². The van der Waals surface area contributed by atoms with Crippen LogP contribution in [0, 0.1) is 5.92 Å². The molecule has 0 spiro atoms. The first kappa shape index (κ1) is 23.7. The number of para-hydroxylation sites is 1. The van der Waals surface area contributed by atoms with Crippen LogP contribution in [0.5, 0.6) is 0 Å². The number of quaternary nitrogens is 1. The minimum Gasteiger partial charge on any atom is -0.461 e. The number of rotatable bonds is 7. The fraction of sp³-hybridized carbons (Fsp3) is 0.516. The lowest BCUT2D eigenvalue weighted by Gasteiger charge is -2.52. The van der Waals surface area contributed by atoms with Crippen LogP contribution in [0.1, 0.15) is 50.4 Å². The van der Waals surface area contributed by atoms with Gasteiger partial charge in [0.1, 0.15) is 23.4 Å². The van der Waals surface area contributed by atoms with Crippen LogP contribution in [0.3, 0.4) is 0 Å². The van der Waals surface area contributed by atoms with Crippen molar-refractivity contribution in [1.82, 2.24) is 4.90 Å². The highest BCUT2D eigenvalue weighted by atomic mass is 16.5. The number of likely N-dealkylation sites (tertiary alicyclic amines) is 1. The molecule has 5 heterocycles. The number of nitrogens with zero attached hydrogens (tertiary/aromatic N) is 2. The largest absolute Gasteiger partial charge is 0.461 e. The normalized spacial score (nSPS) is 28.1. The van der Waals surface area contributed by atoms with E-state index < -0.39 is 5.54 Å². The smallest absolute Gasteiger partial charge is 0.331 e. The summed E-state index contributed by atoms with van der Waals surface area (Å²) in [4.78, 5) is 16.4. The Bertz CT molecular complexity index is 1160.